The van der Waals surface area contributed by atoms with Crippen molar-refractivity contribution in [1.29, 1.82) is 0 Å². The molecule has 0 aliphatic carbocycles. The summed E-state index contributed by atoms with van der Waals surface area (Å²) in [5, 5.41) is 18.5. The van der Waals surface area contributed by atoms with Crippen molar-refractivity contribution in [3.05, 3.63) is 47.8 Å². The molecular formula is C11H8FNO4. The van der Waals surface area contributed by atoms with Crippen molar-refractivity contribution in [2.45, 2.75) is 0 Å². The zero-order valence-corrected chi connectivity index (χ0v) is 8.50. The van der Waals surface area contributed by atoms with E-state index in [1.165, 1.54) is 12.1 Å². The molecule has 1 heterocycles. The summed E-state index contributed by atoms with van der Waals surface area (Å²) in [7, 11) is 0. The minimum atomic E-state index is -0.827. The fourth-order valence-electron chi connectivity index (χ4n) is 1.22. The number of hydrogen-bond donors (Lipinski definition) is 2. The average Bonchev–Trinajstić information content (AvgIpc) is 2.61. The molecule has 0 aliphatic rings. The molecule has 0 unspecified atom stereocenters. The van der Waals surface area contributed by atoms with Gasteiger partial charge in [0, 0.05) is 12.1 Å². The lowest BCUT2D eigenvalue weighted by atomic mass is 10.2. The Kier molecular flexibility index (Phi) is 2.70. The van der Waals surface area contributed by atoms with E-state index in [2.05, 4.69) is 0 Å². The summed E-state index contributed by atoms with van der Waals surface area (Å²) in [6.07, 6.45) is 0. The predicted molar refractivity (Wildman–Crippen MR) is 55.1 cm³/mol. The van der Waals surface area contributed by atoms with E-state index in [0.717, 1.165) is 24.3 Å². The number of rotatable bonds is 2. The van der Waals surface area contributed by atoms with Gasteiger partial charge in [0.2, 0.25) is 11.8 Å². The van der Waals surface area contributed by atoms with Crippen molar-refractivity contribution in [3.63, 3.8) is 0 Å². The molecule has 2 rings (SSSR count). The summed E-state index contributed by atoms with van der Waals surface area (Å²) in [4.78, 5) is 16.2. The Hall–Kier alpha value is -2.50. The Morgan fingerprint density at radius 3 is 2.12 bits per heavy atom. The number of carbonyl (C=O) groups is 1. The normalized spacial score (nSPS) is 10.2. The fourth-order valence-corrected chi connectivity index (χ4v) is 1.22. The molecule has 17 heavy (non-hydrogen) atoms. The number of benzene rings is 1. The molecule has 5 nitrogen and oxygen atoms in total. The molecular weight excluding hydrogens is 229 g/mol. The maximum atomic E-state index is 12.6. The van der Waals surface area contributed by atoms with Crippen LogP contribution in [0.1, 0.15) is 10.4 Å². The molecule has 0 amide bonds. The molecule has 1 aromatic heterocycles. The topological polar surface area (TPSA) is 71.7 Å². The Balaban J connectivity index is 2.20. The van der Waals surface area contributed by atoms with Gasteiger partial charge < -0.3 is 15.1 Å². The lowest BCUT2D eigenvalue weighted by Crippen LogP contribution is -2.19. The Bertz CT molecular complexity index is 528. The smallest absolute Gasteiger partial charge is 0.363 e. The van der Waals surface area contributed by atoms with E-state index in [1.807, 2.05) is 0 Å². The van der Waals surface area contributed by atoms with Gasteiger partial charge in [0.1, 0.15) is 5.82 Å². The van der Waals surface area contributed by atoms with Crippen molar-refractivity contribution >= 4 is 5.97 Å². The first kappa shape index (κ1) is 11.0. The van der Waals surface area contributed by atoms with Crippen LogP contribution in [0.5, 0.6) is 11.8 Å². The highest BCUT2D eigenvalue weighted by atomic mass is 19.1. The van der Waals surface area contributed by atoms with Gasteiger partial charge in [-0.3, -0.25) is 0 Å². The van der Waals surface area contributed by atoms with E-state index in [9.17, 15) is 19.4 Å². The highest BCUT2D eigenvalue weighted by Gasteiger charge is 2.13. The molecule has 2 N–H and O–H groups in total. The van der Waals surface area contributed by atoms with E-state index < -0.39 is 23.5 Å². The van der Waals surface area contributed by atoms with Crippen LogP contribution in [-0.4, -0.2) is 20.9 Å². The highest BCUT2D eigenvalue weighted by molar-refractivity contribution is 5.89. The second-order valence-electron chi connectivity index (χ2n) is 3.23. The lowest BCUT2D eigenvalue weighted by molar-refractivity contribution is 0.0381. The second kappa shape index (κ2) is 4.17. The molecule has 0 aliphatic heterocycles. The van der Waals surface area contributed by atoms with Crippen LogP contribution in [0, 0.1) is 5.82 Å². The van der Waals surface area contributed by atoms with Gasteiger partial charge in [-0.1, -0.05) is 0 Å². The van der Waals surface area contributed by atoms with E-state index in [-0.39, 0.29) is 5.56 Å². The number of carbonyl (C=O) groups excluding carboxylic acids is 1. The van der Waals surface area contributed by atoms with Gasteiger partial charge in [-0.15, -0.1) is 4.73 Å². The summed E-state index contributed by atoms with van der Waals surface area (Å²) in [6.45, 7) is 0. The number of halogens is 1. The number of hydrogen-bond acceptors (Lipinski definition) is 4. The van der Waals surface area contributed by atoms with Crippen LogP contribution >= 0.6 is 0 Å². The Morgan fingerprint density at radius 1 is 1.06 bits per heavy atom. The van der Waals surface area contributed by atoms with Crippen molar-refractivity contribution in [2.24, 2.45) is 0 Å². The molecule has 0 bridgehead atoms. The van der Waals surface area contributed by atoms with Crippen LogP contribution in [0.25, 0.3) is 0 Å². The van der Waals surface area contributed by atoms with Crippen LogP contribution in [0.4, 0.5) is 4.39 Å². The van der Waals surface area contributed by atoms with Crippen LogP contribution in [0.3, 0.4) is 0 Å². The summed E-state index contributed by atoms with van der Waals surface area (Å²) < 4.78 is 13.2. The van der Waals surface area contributed by atoms with Crippen LogP contribution in [0.15, 0.2) is 36.4 Å². The lowest BCUT2D eigenvalue weighted by Gasteiger charge is -2.06. The molecule has 0 saturated carbocycles. The number of aromatic nitrogens is 1. The first-order valence-electron chi connectivity index (χ1n) is 4.66. The zero-order chi connectivity index (χ0) is 12.4. The molecule has 0 fully saturated rings. The quantitative estimate of drug-likeness (QED) is 0.826. The van der Waals surface area contributed by atoms with E-state index in [4.69, 9.17) is 4.84 Å². The minimum absolute atomic E-state index is 0.0962. The molecule has 6 heteroatoms. The van der Waals surface area contributed by atoms with Crippen LogP contribution in [0.2, 0.25) is 0 Å². The fraction of sp³-hybridized carbons (Fsp3) is 0. The van der Waals surface area contributed by atoms with E-state index in [1.54, 1.807) is 0 Å². The third-order valence-corrected chi connectivity index (χ3v) is 2.05. The SMILES string of the molecule is O=C(On1c(O)ccc1O)c1ccc(F)cc1. The third kappa shape index (κ3) is 2.20. The number of nitrogens with zero attached hydrogens (tertiary/aromatic N) is 1. The summed E-state index contributed by atoms with van der Waals surface area (Å²) in [5.74, 6) is -2.14. The van der Waals surface area contributed by atoms with Gasteiger partial charge in [0.05, 0.1) is 5.56 Å². The molecule has 0 atom stereocenters. The average molecular weight is 237 g/mol. The summed E-state index contributed by atoms with van der Waals surface area (Å²) >= 11 is 0. The molecule has 0 spiro atoms. The molecule has 88 valence electrons. The van der Waals surface area contributed by atoms with Crippen molar-refractivity contribution in [2.75, 3.05) is 0 Å². The van der Waals surface area contributed by atoms with E-state index in [0.29, 0.717) is 4.73 Å². The molecule has 1 aromatic carbocycles. The zero-order valence-electron chi connectivity index (χ0n) is 8.50. The summed E-state index contributed by atoms with van der Waals surface area (Å²) in [5.41, 5.74) is 0.0962. The molecule has 2 aromatic rings. The summed E-state index contributed by atoms with van der Waals surface area (Å²) in [6, 6.07) is 6.99. The van der Waals surface area contributed by atoms with Gasteiger partial charge in [-0.2, -0.15) is 0 Å². The standard InChI is InChI=1S/C11H8FNO4/c12-8-3-1-7(2-4-8)11(16)17-13-9(14)5-6-10(13)15/h1-6,14-15H. The maximum Gasteiger partial charge on any atom is 0.363 e. The highest BCUT2D eigenvalue weighted by Crippen LogP contribution is 2.19. The van der Waals surface area contributed by atoms with Crippen molar-refractivity contribution in [3.8, 4) is 11.8 Å². The van der Waals surface area contributed by atoms with E-state index >= 15 is 0 Å². The van der Waals surface area contributed by atoms with Gasteiger partial charge in [-0.25, -0.2) is 9.18 Å². The molecule has 0 saturated heterocycles. The van der Waals surface area contributed by atoms with Gasteiger partial charge in [0.25, 0.3) is 0 Å². The maximum absolute atomic E-state index is 12.6. The predicted octanol–water partition coefficient (Wildman–Crippen LogP) is 1.31. The van der Waals surface area contributed by atoms with Gasteiger partial charge in [-0.05, 0) is 24.3 Å². The first-order valence-corrected chi connectivity index (χ1v) is 4.66. The third-order valence-electron chi connectivity index (χ3n) is 2.05. The Morgan fingerprint density at radius 2 is 1.59 bits per heavy atom. The van der Waals surface area contributed by atoms with Gasteiger partial charge in [0.15, 0.2) is 0 Å². The van der Waals surface area contributed by atoms with Crippen LogP contribution < -0.4 is 4.84 Å². The minimum Gasteiger partial charge on any atom is -0.492 e. The van der Waals surface area contributed by atoms with Crippen LogP contribution in [-0.2, 0) is 0 Å². The van der Waals surface area contributed by atoms with Crippen molar-refractivity contribution in [1.82, 2.24) is 4.73 Å². The number of aromatic hydroxyl groups is 2. The van der Waals surface area contributed by atoms with Gasteiger partial charge >= 0.3 is 5.97 Å². The monoisotopic (exact) mass is 237 g/mol. The largest absolute Gasteiger partial charge is 0.492 e. The van der Waals surface area contributed by atoms with Crippen molar-refractivity contribution < 1.29 is 24.2 Å². The second-order valence-corrected chi connectivity index (χ2v) is 3.23. The molecule has 0 radical (unpaired) electrons. The first-order chi connectivity index (χ1) is 8.08. The Labute approximate surface area is 95.3 Å².